The molecule has 2 atom stereocenters. The van der Waals surface area contributed by atoms with Crippen LogP contribution in [0.5, 0.6) is 5.75 Å². The lowest BCUT2D eigenvalue weighted by Crippen LogP contribution is -2.39. The van der Waals surface area contributed by atoms with Gasteiger partial charge in [0, 0.05) is 11.7 Å². The average Bonchev–Trinajstić information content (AvgIpc) is 2.67. The highest BCUT2D eigenvalue weighted by molar-refractivity contribution is 5.94. The number of rotatable bonds is 8. The van der Waals surface area contributed by atoms with Gasteiger partial charge in [-0.1, -0.05) is 37.3 Å². The molecule has 2 unspecified atom stereocenters. The second-order valence-corrected chi connectivity index (χ2v) is 5.95. The van der Waals surface area contributed by atoms with E-state index >= 15 is 0 Å². The highest BCUT2D eigenvalue weighted by atomic mass is 16.5. The predicted octanol–water partition coefficient (Wildman–Crippen LogP) is 2.48. The lowest BCUT2D eigenvalue weighted by atomic mass is 9.95. The standard InChI is InChI=1S/C20H25N3O3/c1-3-26-17-11-9-16(10-12-17)23-18(24)13-22-20(25)14(2)19(21)15-7-5-4-6-8-15/h4-12,14,19H,3,13,21H2,1-2H3,(H,22,25)(H,23,24). The first-order chi connectivity index (χ1) is 12.5. The monoisotopic (exact) mass is 355 g/mol. The Labute approximate surface area is 153 Å². The first kappa shape index (κ1) is 19.5. The summed E-state index contributed by atoms with van der Waals surface area (Å²) in [6, 6.07) is 16.0. The molecule has 0 heterocycles. The van der Waals surface area contributed by atoms with Crippen LogP contribution in [0, 0.1) is 5.92 Å². The fourth-order valence-corrected chi connectivity index (χ4v) is 2.46. The molecule has 2 amide bonds. The lowest BCUT2D eigenvalue weighted by molar-refractivity contribution is -0.127. The van der Waals surface area contributed by atoms with Crippen LogP contribution in [0.4, 0.5) is 5.69 Å². The zero-order chi connectivity index (χ0) is 18.9. The van der Waals surface area contributed by atoms with Gasteiger partial charge in [-0.05, 0) is 36.8 Å². The molecule has 0 saturated carbocycles. The van der Waals surface area contributed by atoms with Crippen molar-refractivity contribution in [2.45, 2.75) is 19.9 Å². The van der Waals surface area contributed by atoms with Crippen molar-refractivity contribution in [3.05, 3.63) is 60.2 Å². The Hall–Kier alpha value is -2.86. The van der Waals surface area contributed by atoms with Crippen LogP contribution >= 0.6 is 0 Å². The van der Waals surface area contributed by atoms with Crippen molar-refractivity contribution < 1.29 is 14.3 Å². The minimum absolute atomic E-state index is 0.113. The Morgan fingerprint density at radius 2 is 1.73 bits per heavy atom. The molecule has 2 aromatic carbocycles. The van der Waals surface area contributed by atoms with Crippen molar-refractivity contribution >= 4 is 17.5 Å². The summed E-state index contributed by atoms with van der Waals surface area (Å²) >= 11 is 0. The van der Waals surface area contributed by atoms with Crippen molar-refractivity contribution in [1.82, 2.24) is 5.32 Å². The van der Waals surface area contributed by atoms with E-state index < -0.39 is 12.0 Å². The molecule has 0 radical (unpaired) electrons. The fourth-order valence-electron chi connectivity index (χ4n) is 2.46. The molecular formula is C20H25N3O3. The van der Waals surface area contributed by atoms with Gasteiger partial charge in [0.05, 0.1) is 19.1 Å². The molecule has 6 heteroatoms. The van der Waals surface area contributed by atoms with Crippen LogP contribution in [0.2, 0.25) is 0 Å². The third-order valence-electron chi connectivity index (χ3n) is 4.01. The molecule has 0 fully saturated rings. The van der Waals surface area contributed by atoms with E-state index in [9.17, 15) is 9.59 Å². The Balaban J connectivity index is 1.81. The number of nitrogens with two attached hydrogens (primary N) is 1. The Bertz CT molecular complexity index is 717. The minimum atomic E-state index is -0.448. The van der Waals surface area contributed by atoms with Gasteiger partial charge in [0.1, 0.15) is 5.75 Å². The minimum Gasteiger partial charge on any atom is -0.494 e. The molecule has 6 nitrogen and oxygen atoms in total. The SMILES string of the molecule is CCOc1ccc(NC(=O)CNC(=O)C(C)C(N)c2ccccc2)cc1. The number of nitrogens with one attached hydrogen (secondary N) is 2. The summed E-state index contributed by atoms with van der Waals surface area (Å²) in [7, 11) is 0. The highest BCUT2D eigenvalue weighted by Crippen LogP contribution is 2.19. The van der Waals surface area contributed by atoms with Crippen molar-refractivity contribution in [2.75, 3.05) is 18.5 Å². The molecule has 0 aliphatic heterocycles. The molecule has 2 aromatic rings. The van der Waals surface area contributed by atoms with Gasteiger partial charge in [-0.2, -0.15) is 0 Å². The van der Waals surface area contributed by atoms with Gasteiger partial charge in [0.15, 0.2) is 0 Å². The van der Waals surface area contributed by atoms with Crippen molar-refractivity contribution in [3.8, 4) is 5.75 Å². The van der Waals surface area contributed by atoms with E-state index in [1.54, 1.807) is 31.2 Å². The number of anilines is 1. The van der Waals surface area contributed by atoms with Crippen LogP contribution in [0.25, 0.3) is 0 Å². The van der Waals surface area contributed by atoms with E-state index in [-0.39, 0.29) is 18.4 Å². The zero-order valence-corrected chi connectivity index (χ0v) is 15.1. The second kappa shape index (κ2) is 9.58. The summed E-state index contributed by atoms with van der Waals surface area (Å²) in [5.74, 6) is -0.274. The summed E-state index contributed by atoms with van der Waals surface area (Å²) in [5, 5.41) is 5.36. The third-order valence-corrected chi connectivity index (χ3v) is 4.01. The third kappa shape index (κ3) is 5.60. The Kier molecular flexibility index (Phi) is 7.17. The number of amides is 2. The molecule has 26 heavy (non-hydrogen) atoms. The smallest absolute Gasteiger partial charge is 0.243 e. The van der Waals surface area contributed by atoms with Crippen molar-refractivity contribution in [3.63, 3.8) is 0 Å². The summed E-state index contributed by atoms with van der Waals surface area (Å²) < 4.78 is 5.35. The van der Waals surface area contributed by atoms with Gasteiger partial charge in [-0.15, -0.1) is 0 Å². The largest absolute Gasteiger partial charge is 0.494 e. The molecule has 0 aliphatic rings. The summed E-state index contributed by atoms with van der Waals surface area (Å²) in [6.07, 6.45) is 0. The van der Waals surface area contributed by atoms with E-state index in [2.05, 4.69) is 10.6 Å². The Morgan fingerprint density at radius 1 is 1.08 bits per heavy atom. The van der Waals surface area contributed by atoms with Crippen LogP contribution in [0.15, 0.2) is 54.6 Å². The molecule has 0 aromatic heterocycles. The highest BCUT2D eigenvalue weighted by Gasteiger charge is 2.22. The van der Waals surface area contributed by atoms with Crippen LogP contribution in [0.3, 0.4) is 0 Å². The number of carbonyl (C=O) groups is 2. The van der Waals surface area contributed by atoms with Gasteiger partial charge in [-0.25, -0.2) is 0 Å². The van der Waals surface area contributed by atoms with Crippen LogP contribution in [0.1, 0.15) is 25.5 Å². The van der Waals surface area contributed by atoms with E-state index in [0.717, 1.165) is 11.3 Å². The van der Waals surface area contributed by atoms with E-state index in [1.165, 1.54) is 0 Å². The first-order valence-corrected chi connectivity index (χ1v) is 8.62. The predicted molar refractivity (Wildman–Crippen MR) is 102 cm³/mol. The number of carbonyl (C=O) groups excluding carboxylic acids is 2. The second-order valence-electron chi connectivity index (χ2n) is 5.95. The first-order valence-electron chi connectivity index (χ1n) is 8.62. The summed E-state index contributed by atoms with van der Waals surface area (Å²) in [4.78, 5) is 24.2. The van der Waals surface area contributed by atoms with Gasteiger partial charge >= 0.3 is 0 Å². The quantitative estimate of drug-likeness (QED) is 0.678. The molecule has 0 aliphatic carbocycles. The summed E-state index contributed by atoms with van der Waals surface area (Å²) in [6.45, 7) is 4.12. The number of hydrogen-bond donors (Lipinski definition) is 3. The number of hydrogen-bond acceptors (Lipinski definition) is 4. The van der Waals surface area contributed by atoms with Gasteiger partial charge < -0.3 is 21.1 Å². The van der Waals surface area contributed by atoms with E-state index in [0.29, 0.717) is 12.3 Å². The topological polar surface area (TPSA) is 93.5 Å². The molecule has 0 saturated heterocycles. The lowest BCUT2D eigenvalue weighted by Gasteiger charge is -2.19. The van der Waals surface area contributed by atoms with Crippen LogP contribution < -0.4 is 21.1 Å². The molecule has 138 valence electrons. The maximum absolute atomic E-state index is 12.2. The zero-order valence-electron chi connectivity index (χ0n) is 15.1. The van der Waals surface area contributed by atoms with Crippen molar-refractivity contribution in [2.24, 2.45) is 11.7 Å². The van der Waals surface area contributed by atoms with E-state index in [4.69, 9.17) is 10.5 Å². The number of ether oxygens (including phenoxy) is 1. The Morgan fingerprint density at radius 3 is 2.35 bits per heavy atom. The van der Waals surface area contributed by atoms with Gasteiger partial charge in [0.25, 0.3) is 0 Å². The summed E-state index contributed by atoms with van der Waals surface area (Å²) in [5.41, 5.74) is 7.66. The van der Waals surface area contributed by atoms with Gasteiger partial charge in [0.2, 0.25) is 11.8 Å². The van der Waals surface area contributed by atoms with Crippen molar-refractivity contribution in [1.29, 1.82) is 0 Å². The average molecular weight is 355 g/mol. The molecule has 4 N–H and O–H groups in total. The maximum atomic E-state index is 12.2. The molecule has 0 bridgehead atoms. The van der Waals surface area contributed by atoms with E-state index in [1.807, 2.05) is 37.3 Å². The molecule has 2 rings (SSSR count). The molecular weight excluding hydrogens is 330 g/mol. The molecule has 0 spiro atoms. The maximum Gasteiger partial charge on any atom is 0.243 e. The number of benzene rings is 2. The fraction of sp³-hybridized carbons (Fsp3) is 0.300. The normalized spacial score (nSPS) is 12.7. The van der Waals surface area contributed by atoms with Crippen LogP contribution in [-0.4, -0.2) is 25.0 Å². The van der Waals surface area contributed by atoms with Gasteiger partial charge in [-0.3, -0.25) is 9.59 Å². The van der Waals surface area contributed by atoms with Crippen LogP contribution in [-0.2, 0) is 9.59 Å².